The molecule has 184 valence electrons. The summed E-state index contributed by atoms with van der Waals surface area (Å²) in [7, 11) is -4.53. The monoisotopic (exact) mass is 505 g/mol. The molecule has 1 aliphatic carbocycles. The van der Waals surface area contributed by atoms with Gasteiger partial charge in [-0.1, -0.05) is 42.5 Å². The lowest BCUT2D eigenvalue weighted by atomic mass is 10.0. The van der Waals surface area contributed by atoms with Crippen molar-refractivity contribution < 1.29 is 36.6 Å². The fraction of sp³-hybridized carbons (Fsp3) is 0.240. The molecule has 6 nitrogen and oxygen atoms in total. The van der Waals surface area contributed by atoms with Gasteiger partial charge in [0.05, 0.1) is 10.5 Å². The lowest BCUT2D eigenvalue weighted by molar-refractivity contribution is -0.140. The van der Waals surface area contributed by atoms with Crippen LogP contribution < -0.4 is 4.72 Å². The number of nitrogens with one attached hydrogen (secondary N) is 1. The first-order valence-electron chi connectivity index (χ1n) is 10.8. The third-order valence-electron chi connectivity index (χ3n) is 5.94. The summed E-state index contributed by atoms with van der Waals surface area (Å²) in [4.78, 5) is 9.91. The van der Waals surface area contributed by atoms with Gasteiger partial charge in [0, 0.05) is 18.0 Å². The number of carboxylic acids is 1. The Morgan fingerprint density at radius 3 is 2.40 bits per heavy atom. The van der Waals surface area contributed by atoms with Crippen LogP contribution in [0.25, 0.3) is 11.1 Å². The van der Waals surface area contributed by atoms with E-state index in [-0.39, 0.29) is 29.7 Å². The van der Waals surface area contributed by atoms with E-state index >= 15 is 0 Å². The first-order valence-corrected chi connectivity index (χ1v) is 12.3. The van der Waals surface area contributed by atoms with E-state index in [1.807, 2.05) is 6.07 Å². The van der Waals surface area contributed by atoms with Gasteiger partial charge in [0.15, 0.2) is 0 Å². The minimum Gasteiger partial charge on any atom is -0.507 e. The van der Waals surface area contributed by atoms with E-state index in [9.17, 15) is 31.5 Å². The number of fused-ring (bicyclic) bond motifs is 1. The predicted molar refractivity (Wildman–Crippen MR) is 122 cm³/mol. The Balaban J connectivity index is 1.59. The van der Waals surface area contributed by atoms with E-state index in [1.54, 1.807) is 18.2 Å². The molecule has 0 saturated carbocycles. The number of hydrogen-bond donors (Lipinski definition) is 3. The molecule has 10 heteroatoms. The van der Waals surface area contributed by atoms with Crippen molar-refractivity contribution in [1.29, 1.82) is 0 Å². The number of carboxylic acid groups (broad SMARTS) is 1. The summed E-state index contributed by atoms with van der Waals surface area (Å²) in [5.74, 6) is -1.15. The van der Waals surface area contributed by atoms with Crippen molar-refractivity contribution in [3.63, 3.8) is 0 Å². The SMILES string of the molecule is O=C(O)CCc1ccc2c(c1)CC(NS(=O)(=O)c1ccc(-c3ccccc3O)cc1C(F)(F)F)C2. The van der Waals surface area contributed by atoms with Gasteiger partial charge in [-0.2, -0.15) is 13.2 Å². The van der Waals surface area contributed by atoms with Gasteiger partial charge < -0.3 is 10.2 Å². The number of alkyl halides is 3. The molecule has 1 atom stereocenters. The molecule has 4 rings (SSSR count). The van der Waals surface area contributed by atoms with Crippen LogP contribution in [0.15, 0.2) is 65.6 Å². The van der Waals surface area contributed by atoms with E-state index in [0.717, 1.165) is 28.8 Å². The Hall–Kier alpha value is -3.37. The Morgan fingerprint density at radius 2 is 1.71 bits per heavy atom. The number of para-hydroxylation sites is 1. The van der Waals surface area contributed by atoms with Crippen LogP contribution in [0, 0.1) is 0 Å². The number of benzene rings is 3. The number of aliphatic carboxylic acids is 1. The van der Waals surface area contributed by atoms with Gasteiger partial charge in [0.2, 0.25) is 10.0 Å². The Morgan fingerprint density at radius 1 is 1.00 bits per heavy atom. The fourth-order valence-corrected chi connectivity index (χ4v) is 5.76. The van der Waals surface area contributed by atoms with Crippen molar-refractivity contribution >= 4 is 16.0 Å². The highest BCUT2D eigenvalue weighted by molar-refractivity contribution is 7.89. The van der Waals surface area contributed by atoms with Crippen LogP contribution in [0.1, 0.15) is 28.7 Å². The zero-order valence-electron chi connectivity index (χ0n) is 18.3. The van der Waals surface area contributed by atoms with Gasteiger partial charge in [-0.15, -0.1) is 0 Å². The minimum atomic E-state index is -4.94. The molecule has 1 unspecified atom stereocenters. The molecule has 0 heterocycles. The summed E-state index contributed by atoms with van der Waals surface area (Å²) in [5, 5.41) is 18.9. The van der Waals surface area contributed by atoms with E-state index < -0.39 is 38.7 Å². The van der Waals surface area contributed by atoms with Gasteiger partial charge >= 0.3 is 12.1 Å². The molecule has 3 aromatic carbocycles. The number of sulfonamides is 1. The number of aromatic hydroxyl groups is 1. The second-order valence-corrected chi connectivity index (χ2v) is 10.1. The van der Waals surface area contributed by atoms with Crippen LogP contribution >= 0.6 is 0 Å². The zero-order chi connectivity index (χ0) is 25.4. The maximum atomic E-state index is 13.9. The van der Waals surface area contributed by atoms with Crippen molar-refractivity contribution in [2.45, 2.75) is 42.8 Å². The first-order chi connectivity index (χ1) is 16.4. The topological polar surface area (TPSA) is 104 Å². The number of carbonyl (C=O) groups is 1. The van der Waals surface area contributed by atoms with Crippen LogP contribution in [-0.4, -0.2) is 30.6 Å². The molecule has 0 spiro atoms. The predicted octanol–water partition coefficient (Wildman–Crippen LogP) is 4.54. The Bertz CT molecular complexity index is 1390. The summed E-state index contributed by atoms with van der Waals surface area (Å²) in [6.07, 6.45) is -4.05. The van der Waals surface area contributed by atoms with Crippen LogP contribution in [0.4, 0.5) is 13.2 Å². The van der Waals surface area contributed by atoms with Gasteiger partial charge in [-0.25, -0.2) is 13.1 Å². The van der Waals surface area contributed by atoms with E-state index in [2.05, 4.69) is 4.72 Å². The standard InChI is InChI=1S/C25H22F3NO5S/c26-25(27,28)21-14-17(20-3-1-2-4-22(20)30)8-9-23(21)35(33,34)29-19-12-16-7-5-15(6-10-24(31)32)11-18(16)13-19/h1-5,7-9,11,14,19,29-30H,6,10,12-13H2,(H,31,32). The van der Waals surface area contributed by atoms with Crippen LogP contribution in [0.2, 0.25) is 0 Å². The summed E-state index contributed by atoms with van der Waals surface area (Å²) < 4.78 is 70.1. The van der Waals surface area contributed by atoms with Crippen molar-refractivity contribution in [2.75, 3.05) is 0 Å². The number of aryl methyl sites for hydroxylation is 1. The maximum absolute atomic E-state index is 13.9. The first kappa shape index (κ1) is 24.7. The largest absolute Gasteiger partial charge is 0.507 e. The third kappa shape index (κ3) is 5.49. The zero-order valence-corrected chi connectivity index (χ0v) is 19.2. The van der Waals surface area contributed by atoms with Crippen molar-refractivity contribution in [1.82, 2.24) is 4.72 Å². The number of phenolic OH excluding ortho intramolecular Hbond substituents is 1. The van der Waals surface area contributed by atoms with Crippen LogP contribution in [0.5, 0.6) is 5.75 Å². The highest BCUT2D eigenvalue weighted by Gasteiger charge is 2.38. The molecule has 35 heavy (non-hydrogen) atoms. The second kappa shape index (κ2) is 9.35. The van der Waals surface area contributed by atoms with Gasteiger partial charge in [-0.3, -0.25) is 4.79 Å². The van der Waals surface area contributed by atoms with Crippen molar-refractivity contribution in [3.8, 4) is 16.9 Å². The Kier molecular flexibility index (Phi) is 6.61. The van der Waals surface area contributed by atoms with Gasteiger partial charge in [-0.05, 0) is 59.7 Å². The van der Waals surface area contributed by atoms with Crippen LogP contribution in [0.3, 0.4) is 0 Å². The normalized spacial score (nSPS) is 15.7. The average molecular weight is 506 g/mol. The molecular weight excluding hydrogens is 483 g/mol. The summed E-state index contributed by atoms with van der Waals surface area (Å²) in [5.41, 5.74) is 1.37. The van der Waals surface area contributed by atoms with E-state index in [1.165, 1.54) is 24.3 Å². The maximum Gasteiger partial charge on any atom is 0.417 e. The lowest BCUT2D eigenvalue weighted by Gasteiger charge is -2.18. The van der Waals surface area contributed by atoms with Crippen molar-refractivity contribution in [3.05, 3.63) is 82.9 Å². The molecule has 0 bridgehead atoms. The fourth-order valence-electron chi connectivity index (χ4n) is 4.32. The number of phenols is 1. The lowest BCUT2D eigenvalue weighted by Crippen LogP contribution is -2.36. The number of halogens is 3. The molecule has 0 aromatic heterocycles. The quantitative estimate of drug-likeness (QED) is 0.438. The highest BCUT2D eigenvalue weighted by atomic mass is 32.2. The molecule has 0 radical (unpaired) electrons. The third-order valence-corrected chi connectivity index (χ3v) is 7.52. The smallest absolute Gasteiger partial charge is 0.417 e. The highest BCUT2D eigenvalue weighted by Crippen LogP contribution is 2.39. The molecule has 3 aromatic rings. The Labute approximate surface area is 200 Å². The summed E-state index contributed by atoms with van der Waals surface area (Å²) in [6, 6.07) is 13.5. The van der Waals surface area contributed by atoms with Crippen LogP contribution in [-0.2, 0) is 40.3 Å². The molecule has 0 amide bonds. The van der Waals surface area contributed by atoms with Crippen molar-refractivity contribution in [2.24, 2.45) is 0 Å². The molecule has 3 N–H and O–H groups in total. The number of hydrogen-bond acceptors (Lipinski definition) is 4. The molecule has 0 aliphatic heterocycles. The summed E-state index contributed by atoms with van der Waals surface area (Å²) in [6.45, 7) is 0. The summed E-state index contributed by atoms with van der Waals surface area (Å²) >= 11 is 0. The molecule has 1 aliphatic rings. The molecular formula is C25H22F3NO5S. The van der Waals surface area contributed by atoms with Gasteiger partial charge in [0.1, 0.15) is 5.75 Å². The minimum absolute atomic E-state index is 0.0359. The average Bonchev–Trinajstić information content (AvgIpc) is 3.17. The number of rotatable bonds is 7. The molecule has 0 saturated heterocycles. The molecule has 0 fully saturated rings. The second-order valence-electron chi connectivity index (χ2n) is 8.45. The van der Waals surface area contributed by atoms with Gasteiger partial charge in [0.25, 0.3) is 0 Å². The van der Waals surface area contributed by atoms with E-state index in [0.29, 0.717) is 12.8 Å². The van der Waals surface area contributed by atoms with E-state index in [4.69, 9.17) is 5.11 Å².